The van der Waals surface area contributed by atoms with Crippen molar-refractivity contribution < 1.29 is 0 Å². The SMILES string of the molecule is Cc1cc(NCC2CC3CCC(C2)N3C)ccn1. The summed E-state index contributed by atoms with van der Waals surface area (Å²) in [7, 11) is 2.30. The third-order valence-corrected chi connectivity index (χ3v) is 4.69. The van der Waals surface area contributed by atoms with E-state index in [0.29, 0.717) is 0 Å². The predicted molar refractivity (Wildman–Crippen MR) is 74.8 cm³/mol. The first-order valence-electron chi connectivity index (χ1n) is 7.11. The van der Waals surface area contributed by atoms with Gasteiger partial charge >= 0.3 is 0 Å². The summed E-state index contributed by atoms with van der Waals surface area (Å²) in [6.45, 7) is 3.16. The quantitative estimate of drug-likeness (QED) is 0.887. The molecule has 0 aliphatic carbocycles. The van der Waals surface area contributed by atoms with Crippen LogP contribution in [-0.2, 0) is 0 Å². The highest BCUT2D eigenvalue weighted by Gasteiger charge is 2.37. The van der Waals surface area contributed by atoms with Crippen molar-refractivity contribution in [1.82, 2.24) is 9.88 Å². The van der Waals surface area contributed by atoms with Crippen LogP contribution in [0.15, 0.2) is 18.3 Å². The van der Waals surface area contributed by atoms with Crippen molar-refractivity contribution in [3.05, 3.63) is 24.0 Å². The maximum absolute atomic E-state index is 4.23. The van der Waals surface area contributed by atoms with Gasteiger partial charge in [-0.3, -0.25) is 4.98 Å². The van der Waals surface area contributed by atoms with Gasteiger partial charge in [0.1, 0.15) is 0 Å². The second kappa shape index (κ2) is 4.88. The summed E-state index contributed by atoms with van der Waals surface area (Å²) < 4.78 is 0. The Labute approximate surface area is 110 Å². The Hall–Kier alpha value is -1.09. The molecule has 2 aliphatic rings. The zero-order valence-corrected chi connectivity index (χ0v) is 11.4. The summed E-state index contributed by atoms with van der Waals surface area (Å²) in [5, 5.41) is 3.58. The first kappa shape index (κ1) is 12.0. The van der Waals surface area contributed by atoms with Crippen LogP contribution in [0.3, 0.4) is 0 Å². The maximum Gasteiger partial charge on any atom is 0.0393 e. The van der Waals surface area contributed by atoms with Crippen molar-refractivity contribution in [2.24, 2.45) is 5.92 Å². The molecule has 2 fully saturated rings. The second-order valence-corrected chi connectivity index (χ2v) is 5.95. The van der Waals surface area contributed by atoms with Crippen LogP contribution < -0.4 is 5.32 Å². The van der Waals surface area contributed by atoms with Crippen molar-refractivity contribution in [2.75, 3.05) is 18.9 Å². The van der Waals surface area contributed by atoms with E-state index in [9.17, 15) is 0 Å². The van der Waals surface area contributed by atoms with Crippen LogP contribution in [0, 0.1) is 12.8 Å². The number of piperidine rings is 1. The molecule has 3 rings (SSSR count). The molecule has 0 aromatic carbocycles. The van der Waals surface area contributed by atoms with E-state index in [1.54, 1.807) is 0 Å². The number of hydrogen-bond donors (Lipinski definition) is 1. The average molecular weight is 245 g/mol. The summed E-state index contributed by atoms with van der Waals surface area (Å²) >= 11 is 0. The normalized spacial score (nSPS) is 31.6. The molecule has 2 atom stereocenters. The van der Waals surface area contributed by atoms with Crippen LogP contribution in [0.4, 0.5) is 5.69 Å². The van der Waals surface area contributed by atoms with E-state index >= 15 is 0 Å². The molecule has 3 heterocycles. The minimum absolute atomic E-state index is 0.840. The van der Waals surface area contributed by atoms with Crippen LogP contribution in [0.25, 0.3) is 0 Å². The highest BCUT2D eigenvalue weighted by Crippen LogP contribution is 2.37. The number of pyridine rings is 1. The van der Waals surface area contributed by atoms with Crippen molar-refractivity contribution in [2.45, 2.75) is 44.7 Å². The minimum atomic E-state index is 0.840. The van der Waals surface area contributed by atoms with Crippen LogP contribution in [0.5, 0.6) is 0 Å². The molecule has 18 heavy (non-hydrogen) atoms. The standard InChI is InChI=1S/C15H23N3/c1-11-7-13(5-6-16-11)17-10-12-8-14-3-4-15(9-12)18(14)2/h5-7,12,14-15H,3-4,8-10H2,1-2H3,(H,16,17). The van der Waals surface area contributed by atoms with Gasteiger partial charge in [-0.15, -0.1) is 0 Å². The molecule has 1 N–H and O–H groups in total. The molecule has 0 spiro atoms. The molecule has 2 bridgehead atoms. The van der Waals surface area contributed by atoms with Gasteiger partial charge in [-0.25, -0.2) is 0 Å². The van der Waals surface area contributed by atoms with Gasteiger partial charge in [0.05, 0.1) is 0 Å². The first-order valence-corrected chi connectivity index (χ1v) is 7.11. The van der Waals surface area contributed by atoms with Crippen molar-refractivity contribution in [1.29, 1.82) is 0 Å². The number of aryl methyl sites for hydroxylation is 1. The lowest BCUT2D eigenvalue weighted by Gasteiger charge is -2.36. The Bertz CT molecular complexity index is 404. The van der Waals surface area contributed by atoms with Crippen LogP contribution in [-0.4, -0.2) is 35.6 Å². The molecule has 0 radical (unpaired) electrons. The number of anilines is 1. The summed E-state index contributed by atoms with van der Waals surface area (Å²) in [5.74, 6) is 0.840. The van der Waals surface area contributed by atoms with Gasteiger partial charge in [0, 0.05) is 36.2 Å². The molecule has 1 aromatic heterocycles. The molecule has 2 unspecified atom stereocenters. The van der Waals surface area contributed by atoms with E-state index in [-0.39, 0.29) is 0 Å². The number of fused-ring (bicyclic) bond motifs is 2. The molecule has 2 saturated heterocycles. The molecule has 98 valence electrons. The molecule has 3 nitrogen and oxygen atoms in total. The molecule has 3 heteroatoms. The number of hydrogen-bond acceptors (Lipinski definition) is 3. The van der Waals surface area contributed by atoms with E-state index in [1.165, 1.54) is 31.4 Å². The minimum Gasteiger partial charge on any atom is -0.385 e. The van der Waals surface area contributed by atoms with Gasteiger partial charge in [-0.05, 0) is 57.7 Å². The lowest BCUT2D eigenvalue weighted by atomic mass is 9.91. The zero-order chi connectivity index (χ0) is 12.5. The Morgan fingerprint density at radius 2 is 2.06 bits per heavy atom. The largest absolute Gasteiger partial charge is 0.385 e. The fourth-order valence-electron chi connectivity index (χ4n) is 3.61. The summed E-state index contributed by atoms with van der Waals surface area (Å²) in [6.07, 6.45) is 7.43. The first-order chi connectivity index (χ1) is 8.72. The van der Waals surface area contributed by atoms with Gasteiger partial charge in [0.25, 0.3) is 0 Å². The molecular weight excluding hydrogens is 222 g/mol. The monoisotopic (exact) mass is 245 g/mol. The van der Waals surface area contributed by atoms with Crippen LogP contribution in [0.1, 0.15) is 31.4 Å². The Kier molecular flexibility index (Phi) is 3.25. The fraction of sp³-hybridized carbons (Fsp3) is 0.667. The Morgan fingerprint density at radius 1 is 1.33 bits per heavy atom. The van der Waals surface area contributed by atoms with Crippen LogP contribution in [0.2, 0.25) is 0 Å². The summed E-state index contributed by atoms with van der Waals surface area (Å²) in [6, 6.07) is 5.88. The average Bonchev–Trinajstić information content (AvgIpc) is 2.60. The third-order valence-electron chi connectivity index (χ3n) is 4.69. The molecular formula is C15H23N3. The predicted octanol–water partition coefficient (Wildman–Crippen LogP) is 2.67. The summed E-state index contributed by atoms with van der Waals surface area (Å²) in [5.41, 5.74) is 2.30. The van der Waals surface area contributed by atoms with Gasteiger partial charge < -0.3 is 10.2 Å². The number of rotatable bonds is 3. The third kappa shape index (κ3) is 2.37. The fourth-order valence-corrected chi connectivity index (χ4v) is 3.61. The highest BCUT2D eigenvalue weighted by atomic mass is 15.2. The van der Waals surface area contributed by atoms with Gasteiger partial charge in [-0.2, -0.15) is 0 Å². The van der Waals surface area contributed by atoms with E-state index < -0.39 is 0 Å². The topological polar surface area (TPSA) is 28.2 Å². The highest BCUT2D eigenvalue weighted by molar-refractivity contribution is 5.42. The van der Waals surface area contributed by atoms with Crippen LogP contribution >= 0.6 is 0 Å². The molecule has 2 aliphatic heterocycles. The van der Waals surface area contributed by atoms with Gasteiger partial charge in [-0.1, -0.05) is 0 Å². The lowest BCUT2D eigenvalue weighted by molar-refractivity contribution is 0.139. The number of aromatic nitrogens is 1. The van der Waals surface area contributed by atoms with E-state index in [0.717, 1.165) is 30.2 Å². The Balaban J connectivity index is 1.55. The Morgan fingerprint density at radius 3 is 2.72 bits per heavy atom. The summed E-state index contributed by atoms with van der Waals surface area (Å²) in [4.78, 5) is 6.84. The van der Waals surface area contributed by atoms with E-state index in [4.69, 9.17) is 0 Å². The molecule has 0 saturated carbocycles. The zero-order valence-electron chi connectivity index (χ0n) is 11.4. The maximum atomic E-state index is 4.23. The number of nitrogens with zero attached hydrogens (tertiary/aromatic N) is 2. The number of nitrogens with one attached hydrogen (secondary N) is 1. The van der Waals surface area contributed by atoms with Gasteiger partial charge in [0.15, 0.2) is 0 Å². The lowest BCUT2D eigenvalue weighted by Crippen LogP contribution is -2.41. The molecule has 1 aromatic rings. The second-order valence-electron chi connectivity index (χ2n) is 5.95. The van der Waals surface area contributed by atoms with Crippen molar-refractivity contribution >= 4 is 5.69 Å². The van der Waals surface area contributed by atoms with Crippen molar-refractivity contribution in [3.63, 3.8) is 0 Å². The molecule has 0 amide bonds. The van der Waals surface area contributed by atoms with E-state index in [1.807, 2.05) is 13.1 Å². The van der Waals surface area contributed by atoms with E-state index in [2.05, 4.69) is 34.4 Å². The smallest absolute Gasteiger partial charge is 0.0393 e. The van der Waals surface area contributed by atoms with Crippen molar-refractivity contribution in [3.8, 4) is 0 Å². The van der Waals surface area contributed by atoms with Gasteiger partial charge in [0.2, 0.25) is 0 Å².